The molecule has 0 radical (unpaired) electrons. The van der Waals surface area contributed by atoms with Crippen molar-refractivity contribution in [3.63, 3.8) is 0 Å². The number of hydrogen-bond acceptors (Lipinski definition) is 6. The Morgan fingerprint density at radius 2 is 0.486 bits per heavy atom. The first-order chi connectivity index (χ1) is 36.5. The van der Waals surface area contributed by atoms with Crippen molar-refractivity contribution in [1.29, 1.82) is 0 Å². The van der Waals surface area contributed by atoms with Crippen LogP contribution >= 0.6 is 0 Å². The summed E-state index contributed by atoms with van der Waals surface area (Å²) in [5.74, 6) is -0.844. The first-order valence-electron chi connectivity index (χ1n) is 33.3. The Morgan fingerprint density at radius 1 is 0.270 bits per heavy atom. The maximum atomic E-state index is 12.9. The molecule has 0 amide bonds. The van der Waals surface area contributed by atoms with Crippen LogP contribution in [0.15, 0.2) is 24.3 Å². The van der Waals surface area contributed by atoms with Crippen molar-refractivity contribution in [2.75, 3.05) is 13.2 Å². The van der Waals surface area contributed by atoms with Crippen LogP contribution in [0.4, 0.5) is 0 Å². The lowest BCUT2D eigenvalue weighted by atomic mass is 10.0. The predicted octanol–water partition coefficient (Wildman–Crippen LogP) is 22.6. The number of esters is 3. The minimum atomic E-state index is -0.771. The first-order valence-corrected chi connectivity index (χ1v) is 33.3. The minimum Gasteiger partial charge on any atom is -0.462 e. The molecule has 0 bridgehead atoms. The number of allylic oxidation sites excluding steroid dienone is 4. The maximum absolute atomic E-state index is 12.9. The van der Waals surface area contributed by atoms with Crippen molar-refractivity contribution in [1.82, 2.24) is 0 Å². The van der Waals surface area contributed by atoms with Gasteiger partial charge in [-0.1, -0.05) is 328 Å². The normalized spacial score (nSPS) is 12.1. The van der Waals surface area contributed by atoms with Gasteiger partial charge in [0.25, 0.3) is 0 Å². The molecule has 436 valence electrons. The van der Waals surface area contributed by atoms with Crippen molar-refractivity contribution < 1.29 is 28.6 Å². The van der Waals surface area contributed by atoms with Crippen LogP contribution in [0.3, 0.4) is 0 Å². The molecule has 0 aliphatic heterocycles. The second kappa shape index (κ2) is 63.4. The zero-order chi connectivity index (χ0) is 53.6. The molecule has 0 rings (SSSR count). The quantitative estimate of drug-likeness (QED) is 0.0261. The Kier molecular flexibility index (Phi) is 61.6. The fraction of sp³-hybridized carbons (Fsp3) is 0.897. The Hall–Kier alpha value is -2.11. The van der Waals surface area contributed by atoms with Gasteiger partial charge in [-0.3, -0.25) is 14.4 Å². The molecule has 0 N–H and O–H groups in total. The van der Waals surface area contributed by atoms with Crippen molar-refractivity contribution in [2.45, 2.75) is 380 Å². The van der Waals surface area contributed by atoms with Gasteiger partial charge in [0.2, 0.25) is 0 Å². The van der Waals surface area contributed by atoms with Crippen molar-refractivity contribution >= 4 is 17.9 Å². The molecule has 0 aromatic carbocycles. The number of carbonyl (C=O) groups excluding carboxylic acids is 3. The average Bonchev–Trinajstić information content (AvgIpc) is 3.40. The summed E-state index contributed by atoms with van der Waals surface area (Å²) in [6.07, 6.45) is 76.1. The van der Waals surface area contributed by atoms with E-state index in [0.29, 0.717) is 19.3 Å². The second-order valence-corrected chi connectivity index (χ2v) is 22.7. The van der Waals surface area contributed by atoms with Gasteiger partial charge in [0, 0.05) is 19.3 Å². The van der Waals surface area contributed by atoms with Crippen molar-refractivity contribution in [2.24, 2.45) is 0 Å². The fourth-order valence-electron chi connectivity index (χ4n) is 10.2. The Balaban J connectivity index is 4.32. The molecular weight excluding hydrogens is 913 g/mol. The molecule has 1 unspecified atom stereocenters. The van der Waals surface area contributed by atoms with E-state index >= 15 is 0 Å². The molecule has 0 aliphatic rings. The number of unbranched alkanes of at least 4 members (excludes halogenated alkanes) is 47. The summed E-state index contributed by atoms with van der Waals surface area (Å²) in [4.78, 5) is 38.4. The van der Waals surface area contributed by atoms with E-state index in [1.165, 1.54) is 263 Å². The van der Waals surface area contributed by atoms with E-state index in [2.05, 4.69) is 45.1 Å². The molecule has 0 heterocycles. The summed E-state index contributed by atoms with van der Waals surface area (Å²) in [6, 6.07) is 0. The SMILES string of the molecule is CCCCCC/C=C\C/C=C\CCCCCCCCCC(=O)OCC(COC(=O)CCCCCCCCCCCCCCCCCCCCC)OC(=O)CCCCCCCCCCCCCCCCCCCCC. The van der Waals surface area contributed by atoms with E-state index in [4.69, 9.17) is 14.2 Å². The van der Waals surface area contributed by atoms with Crippen LogP contribution < -0.4 is 0 Å². The molecule has 1 atom stereocenters. The molecule has 0 spiro atoms. The van der Waals surface area contributed by atoms with Crippen LogP contribution in [-0.4, -0.2) is 37.2 Å². The molecule has 0 aliphatic carbocycles. The van der Waals surface area contributed by atoms with Gasteiger partial charge < -0.3 is 14.2 Å². The summed E-state index contributed by atoms with van der Waals surface area (Å²) in [5.41, 5.74) is 0. The second-order valence-electron chi connectivity index (χ2n) is 22.7. The number of ether oxygens (including phenoxy) is 3. The molecule has 74 heavy (non-hydrogen) atoms. The molecule has 0 aromatic heterocycles. The maximum Gasteiger partial charge on any atom is 0.306 e. The lowest BCUT2D eigenvalue weighted by Gasteiger charge is -2.18. The van der Waals surface area contributed by atoms with E-state index in [1.807, 2.05) is 0 Å². The van der Waals surface area contributed by atoms with Crippen LogP contribution in [0.2, 0.25) is 0 Å². The lowest BCUT2D eigenvalue weighted by Crippen LogP contribution is -2.30. The van der Waals surface area contributed by atoms with Gasteiger partial charge in [0.05, 0.1) is 0 Å². The average molecular weight is 1040 g/mol. The highest BCUT2D eigenvalue weighted by Gasteiger charge is 2.19. The highest BCUT2D eigenvalue weighted by molar-refractivity contribution is 5.71. The third kappa shape index (κ3) is 60.8. The van der Waals surface area contributed by atoms with Gasteiger partial charge in [0.15, 0.2) is 6.10 Å². The third-order valence-electron chi connectivity index (χ3n) is 15.2. The number of carbonyl (C=O) groups is 3. The van der Waals surface area contributed by atoms with Gasteiger partial charge >= 0.3 is 17.9 Å². The molecular formula is C68H128O6. The molecule has 0 fully saturated rings. The summed E-state index contributed by atoms with van der Waals surface area (Å²) < 4.78 is 17.0. The highest BCUT2D eigenvalue weighted by atomic mass is 16.6. The van der Waals surface area contributed by atoms with Crippen LogP contribution in [0.25, 0.3) is 0 Å². The molecule has 0 saturated heterocycles. The minimum absolute atomic E-state index is 0.0673. The van der Waals surface area contributed by atoms with E-state index in [0.717, 1.165) is 70.6 Å². The smallest absolute Gasteiger partial charge is 0.306 e. The van der Waals surface area contributed by atoms with Crippen LogP contribution in [0.5, 0.6) is 0 Å². The largest absolute Gasteiger partial charge is 0.462 e. The highest BCUT2D eigenvalue weighted by Crippen LogP contribution is 2.18. The van der Waals surface area contributed by atoms with Gasteiger partial charge in [-0.25, -0.2) is 0 Å². The lowest BCUT2D eigenvalue weighted by molar-refractivity contribution is -0.167. The summed E-state index contributed by atoms with van der Waals surface area (Å²) >= 11 is 0. The van der Waals surface area contributed by atoms with Crippen LogP contribution in [-0.2, 0) is 28.6 Å². The zero-order valence-corrected chi connectivity index (χ0v) is 50.1. The predicted molar refractivity (Wildman–Crippen MR) is 321 cm³/mol. The topological polar surface area (TPSA) is 78.9 Å². The summed E-state index contributed by atoms with van der Waals surface area (Å²) in [6.45, 7) is 6.70. The number of rotatable bonds is 62. The van der Waals surface area contributed by atoms with Gasteiger partial charge in [0.1, 0.15) is 13.2 Å². The molecule has 6 nitrogen and oxygen atoms in total. The molecule has 0 aromatic rings. The van der Waals surface area contributed by atoms with E-state index in [-0.39, 0.29) is 31.1 Å². The van der Waals surface area contributed by atoms with E-state index < -0.39 is 6.10 Å². The van der Waals surface area contributed by atoms with Crippen LogP contribution in [0, 0.1) is 0 Å². The Morgan fingerprint density at radius 3 is 0.757 bits per heavy atom. The molecule has 6 heteroatoms. The van der Waals surface area contributed by atoms with E-state index in [1.54, 1.807) is 0 Å². The van der Waals surface area contributed by atoms with Crippen molar-refractivity contribution in [3.8, 4) is 0 Å². The van der Waals surface area contributed by atoms with Gasteiger partial charge in [-0.05, 0) is 51.4 Å². The summed E-state index contributed by atoms with van der Waals surface area (Å²) in [7, 11) is 0. The van der Waals surface area contributed by atoms with E-state index in [9.17, 15) is 14.4 Å². The summed E-state index contributed by atoms with van der Waals surface area (Å²) in [5, 5.41) is 0. The standard InChI is InChI=1S/C68H128O6/c1-4-7-10-13-16-19-22-25-28-31-34-37-40-43-46-49-52-55-58-61-67(70)73-64-65(63-72-66(69)60-57-54-51-48-45-42-39-36-33-30-27-24-21-18-15-12-9-6-3)74-68(71)62-59-56-53-50-47-44-41-38-35-32-29-26-23-20-17-14-11-8-5-2/h21,24,30,33,65H,4-20,22-23,25-29,31-32,34-64H2,1-3H3/b24-21-,33-30-. The monoisotopic (exact) mass is 1040 g/mol. The number of hydrogen-bond donors (Lipinski definition) is 0. The first kappa shape index (κ1) is 71.9. The zero-order valence-electron chi connectivity index (χ0n) is 50.1. The Bertz CT molecular complexity index is 1190. The Labute approximate surface area is 462 Å². The van der Waals surface area contributed by atoms with Crippen molar-refractivity contribution in [3.05, 3.63) is 24.3 Å². The van der Waals surface area contributed by atoms with Crippen LogP contribution in [0.1, 0.15) is 374 Å². The molecule has 0 saturated carbocycles. The van der Waals surface area contributed by atoms with Gasteiger partial charge in [-0.15, -0.1) is 0 Å². The fourth-order valence-corrected chi connectivity index (χ4v) is 10.2. The van der Waals surface area contributed by atoms with Gasteiger partial charge in [-0.2, -0.15) is 0 Å². The third-order valence-corrected chi connectivity index (χ3v) is 15.2.